The van der Waals surface area contributed by atoms with Gasteiger partial charge in [0.2, 0.25) is 0 Å². The summed E-state index contributed by atoms with van der Waals surface area (Å²) in [6.07, 6.45) is 4.79. The zero-order valence-electron chi connectivity index (χ0n) is 14.1. The fourth-order valence-corrected chi connectivity index (χ4v) is 2.94. The van der Waals surface area contributed by atoms with Gasteiger partial charge in [0, 0.05) is 57.5 Å². The fourth-order valence-electron chi connectivity index (χ4n) is 2.64. The van der Waals surface area contributed by atoms with E-state index in [4.69, 9.17) is 5.11 Å². The van der Waals surface area contributed by atoms with Crippen LogP contribution >= 0.6 is 7.92 Å². The van der Waals surface area contributed by atoms with Crippen molar-refractivity contribution in [1.82, 2.24) is 9.97 Å². The molecule has 0 fully saturated rings. The van der Waals surface area contributed by atoms with Gasteiger partial charge in [0.15, 0.2) is 0 Å². The average Bonchev–Trinajstić information content (AvgIpc) is 2.61. The summed E-state index contributed by atoms with van der Waals surface area (Å²) in [6.45, 7) is 4.22. The molecule has 3 nitrogen and oxygen atoms in total. The molecule has 130 valence electrons. The van der Waals surface area contributed by atoms with E-state index >= 15 is 0 Å². The van der Waals surface area contributed by atoms with E-state index < -0.39 is 0 Å². The maximum Gasteiger partial charge on any atom is 0.114 e. The van der Waals surface area contributed by atoms with Crippen LogP contribution in [0.3, 0.4) is 0 Å². The van der Waals surface area contributed by atoms with Crippen LogP contribution in [-0.4, -0.2) is 28.4 Å². The van der Waals surface area contributed by atoms with Crippen molar-refractivity contribution in [3.05, 3.63) is 73.0 Å². The third-order valence-electron chi connectivity index (χ3n) is 3.73. The van der Waals surface area contributed by atoms with Crippen LogP contribution in [0.25, 0.3) is 32.6 Å². The zero-order chi connectivity index (χ0) is 16.9. The maximum atomic E-state index is 8.08. The predicted molar refractivity (Wildman–Crippen MR) is 106 cm³/mol. The molecule has 25 heavy (non-hydrogen) atoms. The van der Waals surface area contributed by atoms with E-state index in [1.54, 1.807) is 0 Å². The van der Waals surface area contributed by atoms with Crippen molar-refractivity contribution in [2.75, 3.05) is 13.3 Å². The summed E-state index contributed by atoms with van der Waals surface area (Å²) in [5.74, 6) is 1.82. The van der Waals surface area contributed by atoms with E-state index in [0.29, 0.717) is 0 Å². The third-order valence-corrected chi connectivity index (χ3v) is 4.55. The molecular formula is C20H20N2OPPt+. The monoisotopic (exact) mass is 530 g/mol. The van der Waals surface area contributed by atoms with Gasteiger partial charge in [-0.1, -0.05) is 36.4 Å². The Bertz CT molecular complexity index is 947. The number of hydrogen-bond donors (Lipinski definition) is 1. The number of aromatic nitrogens is 2. The molecule has 5 heteroatoms. The van der Waals surface area contributed by atoms with Crippen LogP contribution in [0.15, 0.2) is 73.0 Å². The Balaban J connectivity index is 0.000000283. The third kappa shape index (κ3) is 4.42. The van der Waals surface area contributed by atoms with Gasteiger partial charge in [-0.25, -0.2) is 0 Å². The largest absolute Gasteiger partial charge is 0.512 e. The first-order valence-electron chi connectivity index (χ1n) is 7.83. The molecule has 0 atom stereocenters. The summed E-state index contributed by atoms with van der Waals surface area (Å²) in [5.41, 5.74) is 2.05. The van der Waals surface area contributed by atoms with Gasteiger partial charge >= 0.3 is 0 Å². The minimum atomic E-state index is -0.316. The van der Waals surface area contributed by atoms with Crippen LogP contribution in [0.1, 0.15) is 0 Å². The molecule has 0 spiro atoms. The van der Waals surface area contributed by atoms with Crippen LogP contribution < -0.4 is 0 Å². The first-order valence-corrected chi connectivity index (χ1v) is 10.4. The molecule has 2 aromatic carbocycles. The molecular weight excluding hydrogens is 510 g/mol. The van der Waals surface area contributed by atoms with Crippen molar-refractivity contribution < 1.29 is 26.2 Å². The number of benzene rings is 2. The van der Waals surface area contributed by atoms with Crippen LogP contribution in [0.5, 0.6) is 0 Å². The molecule has 1 N–H and O–H groups in total. The van der Waals surface area contributed by atoms with Gasteiger partial charge in [0.1, 0.15) is 6.26 Å². The Kier molecular flexibility index (Phi) is 7.05. The molecule has 2 heterocycles. The SMILES string of the molecule is C[PH+](C)C=CO.[Pt].c1cnc2c(c1)ccc1ccc3cccnc3c12. The van der Waals surface area contributed by atoms with Gasteiger partial charge in [-0.3, -0.25) is 9.97 Å². The summed E-state index contributed by atoms with van der Waals surface area (Å²) in [5, 5.41) is 12.7. The number of aliphatic hydroxyl groups is 1. The molecule has 0 radical (unpaired) electrons. The van der Waals surface area contributed by atoms with Gasteiger partial charge in [0.05, 0.1) is 30.2 Å². The van der Waals surface area contributed by atoms with Crippen molar-refractivity contribution in [2.45, 2.75) is 0 Å². The predicted octanol–water partition coefficient (Wildman–Crippen LogP) is 5.42. The minimum absolute atomic E-state index is 0. The number of fused-ring (bicyclic) bond motifs is 5. The number of nitrogens with zero attached hydrogens (tertiary/aromatic N) is 2. The molecule has 0 bridgehead atoms. The molecule has 0 aliphatic carbocycles. The number of hydrogen-bond acceptors (Lipinski definition) is 3. The topological polar surface area (TPSA) is 46.0 Å². The van der Waals surface area contributed by atoms with Crippen LogP contribution in [0.4, 0.5) is 0 Å². The first kappa shape index (κ1) is 19.5. The van der Waals surface area contributed by atoms with E-state index in [2.05, 4.69) is 59.7 Å². The Morgan fingerprint density at radius 1 is 0.800 bits per heavy atom. The molecule has 0 aliphatic rings. The summed E-state index contributed by atoms with van der Waals surface area (Å²) >= 11 is 0. The molecule has 4 aromatic rings. The summed E-state index contributed by atoms with van der Waals surface area (Å²) in [7, 11) is -0.316. The molecule has 0 saturated heterocycles. The quantitative estimate of drug-likeness (QED) is 0.203. The van der Waals surface area contributed by atoms with Crippen molar-refractivity contribution in [3.8, 4) is 0 Å². The molecule has 0 aliphatic heterocycles. The molecule has 4 rings (SSSR count). The zero-order valence-corrected chi connectivity index (χ0v) is 17.4. The van der Waals surface area contributed by atoms with E-state index in [1.165, 1.54) is 5.39 Å². The number of rotatable bonds is 1. The van der Waals surface area contributed by atoms with Crippen LogP contribution in [0.2, 0.25) is 0 Å². The Hall–Kier alpha value is -1.82. The normalized spacial score (nSPS) is 10.8. The average molecular weight is 530 g/mol. The van der Waals surface area contributed by atoms with E-state index in [-0.39, 0.29) is 29.0 Å². The van der Waals surface area contributed by atoms with E-state index in [9.17, 15) is 0 Å². The van der Waals surface area contributed by atoms with Crippen molar-refractivity contribution in [2.24, 2.45) is 0 Å². The summed E-state index contributed by atoms with van der Waals surface area (Å²) < 4.78 is 0. The van der Waals surface area contributed by atoms with Gasteiger partial charge in [-0.15, -0.1) is 0 Å². The van der Waals surface area contributed by atoms with Gasteiger partial charge in [0.25, 0.3) is 0 Å². The van der Waals surface area contributed by atoms with Crippen LogP contribution in [-0.2, 0) is 21.1 Å². The summed E-state index contributed by atoms with van der Waals surface area (Å²) in [6, 6.07) is 16.6. The Morgan fingerprint density at radius 2 is 1.28 bits per heavy atom. The maximum absolute atomic E-state index is 8.08. The minimum Gasteiger partial charge on any atom is -0.512 e. The molecule has 2 aromatic heterocycles. The number of pyridine rings is 2. The van der Waals surface area contributed by atoms with Crippen molar-refractivity contribution in [3.63, 3.8) is 0 Å². The first-order chi connectivity index (χ1) is 11.7. The van der Waals surface area contributed by atoms with Crippen molar-refractivity contribution >= 4 is 40.5 Å². The molecule has 0 amide bonds. The number of aliphatic hydroxyl groups excluding tert-OH is 1. The Labute approximate surface area is 162 Å². The second-order valence-corrected chi connectivity index (χ2v) is 8.26. The van der Waals surface area contributed by atoms with Gasteiger partial charge in [-0.05, 0) is 17.5 Å². The van der Waals surface area contributed by atoms with Gasteiger partial charge in [-0.2, -0.15) is 0 Å². The smallest absolute Gasteiger partial charge is 0.114 e. The Morgan fingerprint density at radius 3 is 1.68 bits per heavy atom. The van der Waals surface area contributed by atoms with E-state index in [0.717, 1.165) is 33.5 Å². The molecule has 0 saturated carbocycles. The fraction of sp³-hybridized carbons (Fsp3) is 0.100. The van der Waals surface area contributed by atoms with Crippen LogP contribution in [0, 0.1) is 0 Å². The van der Waals surface area contributed by atoms with Crippen molar-refractivity contribution in [1.29, 1.82) is 0 Å². The van der Waals surface area contributed by atoms with Gasteiger partial charge < -0.3 is 5.11 Å². The second-order valence-electron chi connectivity index (χ2n) is 5.77. The van der Waals surface area contributed by atoms with E-state index in [1.807, 2.05) is 30.3 Å². The second kappa shape index (κ2) is 9.04. The standard InChI is InChI=1S/C16H10N2.C4H9OP.Pt/c1-3-12-7-5-11-6-8-13-4-2-10-18-16(13)14(11)15(12)17-9-1;1-6(2)4-3-5;/h1-10H;3-5H,1-2H3;/p+1. The molecule has 0 unspecified atom stereocenters. The summed E-state index contributed by atoms with van der Waals surface area (Å²) in [4.78, 5) is 9.04.